The zero-order valence-corrected chi connectivity index (χ0v) is 16.1. The van der Waals surface area contributed by atoms with Crippen molar-refractivity contribution in [1.29, 1.82) is 0 Å². The summed E-state index contributed by atoms with van der Waals surface area (Å²) in [4.78, 5) is 29.3. The van der Waals surface area contributed by atoms with Crippen LogP contribution in [0.4, 0.5) is 11.5 Å². The highest BCUT2D eigenvalue weighted by Crippen LogP contribution is 2.29. The van der Waals surface area contributed by atoms with Gasteiger partial charge in [0.2, 0.25) is 0 Å². The van der Waals surface area contributed by atoms with Gasteiger partial charge < -0.3 is 11.1 Å². The molecule has 2 aromatic carbocycles. The number of carbonyl (C=O) groups is 1. The lowest BCUT2D eigenvalue weighted by atomic mass is 10.1. The number of hydrogen-bond acceptors (Lipinski definition) is 6. The molecule has 2 heterocycles. The van der Waals surface area contributed by atoms with Crippen LogP contribution in [0.25, 0.3) is 22.4 Å². The molecule has 8 heteroatoms. The summed E-state index contributed by atoms with van der Waals surface area (Å²) in [6.07, 6.45) is 4.79. The lowest BCUT2D eigenvalue weighted by Crippen LogP contribution is -2.13. The third kappa shape index (κ3) is 3.56. The summed E-state index contributed by atoms with van der Waals surface area (Å²) in [5.74, 6) is 0.490. The van der Waals surface area contributed by atoms with Gasteiger partial charge in [-0.05, 0) is 52.9 Å². The summed E-state index contributed by atoms with van der Waals surface area (Å²) >= 11 is 2.23. The molecule has 132 valence electrons. The predicted molar refractivity (Wildman–Crippen MR) is 112 cm³/mol. The molecule has 0 aliphatic carbocycles. The molecule has 0 aliphatic rings. The number of fused-ring (bicyclic) bond motifs is 1. The summed E-state index contributed by atoms with van der Waals surface area (Å²) in [6.45, 7) is 0. The van der Waals surface area contributed by atoms with Gasteiger partial charge in [0.25, 0.3) is 5.91 Å². The topological polar surface area (TPSA) is 107 Å². The highest BCUT2D eigenvalue weighted by Gasteiger charge is 2.14. The maximum atomic E-state index is 11.7. The number of para-hydroxylation sites is 1. The number of aromatic nitrogens is 4. The van der Waals surface area contributed by atoms with Gasteiger partial charge in [0.15, 0.2) is 5.82 Å². The van der Waals surface area contributed by atoms with Crippen LogP contribution < -0.4 is 11.1 Å². The molecule has 4 aromatic rings. The van der Waals surface area contributed by atoms with E-state index in [-0.39, 0.29) is 0 Å². The zero-order chi connectivity index (χ0) is 18.8. The molecule has 0 aliphatic heterocycles. The second kappa shape index (κ2) is 7.23. The molecular weight excluding hydrogens is 455 g/mol. The van der Waals surface area contributed by atoms with Crippen molar-refractivity contribution in [3.05, 3.63) is 70.2 Å². The zero-order valence-electron chi connectivity index (χ0n) is 13.9. The molecule has 3 N–H and O–H groups in total. The van der Waals surface area contributed by atoms with Gasteiger partial charge in [-0.15, -0.1) is 0 Å². The molecule has 0 spiro atoms. The Morgan fingerprint density at radius 1 is 1.07 bits per heavy atom. The lowest BCUT2D eigenvalue weighted by Gasteiger charge is -2.13. The number of benzene rings is 2. The van der Waals surface area contributed by atoms with Crippen LogP contribution in [-0.2, 0) is 0 Å². The summed E-state index contributed by atoms with van der Waals surface area (Å²) in [7, 11) is 0. The summed E-state index contributed by atoms with van der Waals surface area (Å²) < 4.78 is 1.04. The van der Waals surface area contributed by atoms with E-state index < -0.39 is 5.91 Å². The van der Waals surface area contributed by atoms with Crippen molar-refractivity contribution < 1.29 is 4.79 Å². The minimum atomic E-state index is -0.514. The molecule has 1 amide bonds. The van der Waals surface area contributed by atoms with Gasteiger partial charge in [-0.1, -0.05) is 12.1 Å². The van der Waals surface area contributed by atoms with Crippen LogP contribution in [0.5, 0.6) is 0 Å². The quantitative estimate of drug-likeness (QED) is 0.444. The van der Waals surface area contributed by atoms with Crippen LogP contribution in [0.1, 0.15) is 10.4 Å². The van der Waals surface area contributed by atoms with Crippen molar-refractivity contribution in [3.63, 3.8) is 0 Å². The number of nitrogens with one attached hydrogen (secondary N) is 1. The monoisotopic (exact) mass is 468 g/mol. The third-order valence-corrected chi connectivity index (χ3v) is 4.57. The molecule has 4 rings (SSSR count). The minimum absolute atomic E-state index is 0.385. The first-order valence-corrected chi connectivity index (χ1v) is 9.09. The maximum Gasteiger partial charge on any atom is 0.250 e. The largest absolute Gasteiger partial charge is 0.366 e. The third-order valence-electron chi connectivity index (χ3n) is 3.90. The van der Waals surface area contributed by atoms with Crippen LogP contribution in [0, 0.1) is 3.57 Å². The average Bonchev–Trinajstić information content (AvgIpc) is 2.69. The Bertz CT molecular complexity index is 1150. The molecule has 0 bridgehead atoms. The first-order chi connectivity index (χ1) is 13.1. The fourth-order valence-corrected chi connectivity index (χ4v) is 3.15. The number of halogens is 1. The van der Waals surface area contributed by atoms with Gasteiger partial charge >= 0.3 is 0 Å². The molecule has 7 nitrogen and oxygen atoms in total. The molecule has 0 fully saturated rings. The minimum Gasteiger partial charge on any atom is -0.366 e. The van der Waals surface area contributed by atoms with E-state index in [4.69, 9.17) is 5.73 Å². The first-order valence-electron chi connectivity index (χ1n) is 8.01. The Morgan fingerprint density at radius 3 is 2.70 bits per heavy atom. The average molecular weight is 468 g/mol. The molecule has 27 heavy (non-hydrogen) atoms. The Hall–Kier alpha value is -3.14. The first kappa shape index (κ1) is 17.3. The number of carbonyl (C=O) groups excluding carboxylic acids is 1. The maximum absolute atomic E-state index is 11.7. The number of nitrogens with two attached hydrogens (primary N) is 1. The molecule has 0 saturated heterocycles. The Balaban J connectivity index is 1.91. The van der Waals surface area contributed by atoms with E-state index in [1.54, 1.807) is 36.8 Å². The second-order valence-corrected chi connectivity index (χ2v) is 6.93. The van der Waals surface area contributed by atoms with E-state index >= 15 is 0 Å². The van der Waals surface area contributed by atoms with Crippen LogP contribution in [0.15, 0.2) is 61.1 Å². The SMILES string of the molecule is NC(=O)c1ccccc1Nc1nc(-c2cnccn2)nc2ccc(I)cc12. The molecule has 0 unspecified atom stereocenters. The van der Waals surface area contributed by atoms with E-state index in [1.807, 2.05) is 24.3 Å². The van der Waals surface area contributed by atoms with Crippen molar-refractivity contribution in [1.82, 2.24) is 19.9 Å². The van der Waals surface area contributed by atoms with Crippen LogP contribution in [0.3, 0.4) is 0 Å². The van der Waals surface area contributed by atoms with Crippen molar-refractivity contribution >= 4 is 50.9 Å². The number of amides is 1. The number of anilines is 2. The molecule has 2 aromatic heterocycles. The fraction of sp³-hybridized carbons (Fsp3) is 0. The van der Waals surface area contributed by atoms with Crippen LogP contribution in [0.2, 0.25) is 0 Å². The molecule has 0 radical (unpaired) electrons. The number of nitrogens with zero attached hydrogens (tertiary/aromatic N) is 4. The van der Waals surface area contributed by atoms with Gasteiger partial charge in [-0.25, -0.2) is 15.0 Å². The van der Waals surface area contributed by atoms with E-state index in [0.29, 0.717) is 28.6 Å². The van der Waals surface area contributed by atoms with Gasteiger partial charge in [0.1, 0.15) is 11.5 Å². The lowest BCUT2D eigenvalue weighted by molar-refractivity contribution is 0.100. The van der Waals surface area contributed by atoms with E-state index in [9.17, 15) is 4.79 Å². The number of primary amides is 1. The van der Waals surface area contributed by atoms with Crippen molar-refractivity contribution in [2.45, 2.75) is 0 Å². The highest BCUT2D eigenvalue weighted by atomic mass is 127. The number of hydrogen-bond donors (Lipinski definition) is 2. The molecule has 0 atom stereocenters. The van der Waals surface area contributed by atoms with Gasteiger partial charge in [0, 0.05) is 21.4 Å². The Labute approximate surface area is 168 Å². The highest BCUT2D eigenvalue weighted by molar-refractivity contribution is 14.1. The van der Waals surface area contributed by atoms with Crippen molar-refractivity contribution in [2.24, 2.45) is 5.73 Å². The van der Waals surface area contributed by atoms with Crippen LogP contribution in [-0.4, -0.2) is 25.8 Å². The van der Waals surface area contributed by atoms with E-state index in [0.717, 1.165) is 14.5 Å². The second-order valence-electron chi connectivity index (χ2n) is 5.68. The predicted octanol–water partition coefficient (Wildman–Crippen LogP) is 3.53. The summed E-state index contributed by atoms with van der Waals surface area (Å²) in [6, 6.07) is 12.9. The van der Waals surface area contributed by atoms with E-state index in [1.165, 1.54) is 0 Å². The molecular formula is C19H13IN6O. The summed E-state index contributed by atoms with van der Waals surface area (Å²) in [5.41, 5.74) is 7.77. The Kier molecular flexibility index (Phi) is 4.63. The standard InChI is InChI=1S/C19H13IN6O/c20-11-5-6-15-13(9-11)18(24-14-4-2-1-3-12(14)17(21)27)26-19(25-15)16-10-22-7-8-23-16/h1-10H,(H2,21,27)(H,24,25,26). The van der Waals surface area contributed by atoms with Crippen molar-refractivity contribution in [3.8, 4) is 11.5 Å². The van der Waals surface area contributed by atoms with Gasteiger partial charge in [0.05, 0.1) is 23.0 Å². The summed E-state index contributed by atoms with van der Waals surface area (Å²) in [5, 5.41) is 4.06. The van der Waals surface area contributed by atoms with Gasteiger partial charge in [-0.3, -0.25) is 9.78 Å². The number of rotatable bonds is 4. The van der Waals surface area contributed by atoms with E-state index in [2.05, 4.69) is 47.8 Å². The van der Waals surface area contributed by atoms with Crippen LogP contribution >= 0.6 is 22.6 Å². The smallest absolute Gasteiger partial charge is 0.250 e. The van der Waals surface area contributed by atoms with Gasteiger partial charge in [-0.2, -0.15) is 0 Å². The fourth-order valence-electron chi connectivity index (χ4n) is 2.66. The van der Waals surface area contributed by atoms with Crippen molar-refractivity contribution in [2.75, 3.05) is 5.32 Å². The normalized spacial score (nSPS) is 10.7. The molecule has 0 saturated carbocycles. The Morgan fingerprint density at radius 2 is 1.93 bits per heavy atom.